The van der Waals surface area contributed by atoms with Crippen molar-refractivity contribution in [2.45, 2.75) is 20.0 Å². The van der Waals surface area contributed by atoms with Crippen LogP contribution in [0, 0.1) is 13.8 Å². The zero-order valence-electron chi connectivity index (χ0n) is 15.1. The molecule has 3 aromatic rings. The van der Waals surface area contributed by atoms with E-state index in [1.165, 1.54) is 0 Å². The second-order valence-corrected chi connectivity index (χ2v) is 7.17. The summed E-state index contributed by atoms with van der Waals surface area (Å²) in [6, 6.07) is 21.0. The highest BCUT2D eigenvalue weighted by atomic mass is 16.2. The SMILES string of the molecule is Cc1cc(C)cc(N2C(=O)c3ccccc3N3C(=O)c4ccccc4[C@H]23)c1. The van der Waals surface area contributed by atoms with E-state index >= 15 is 0 Å². The van der Waals surface area contributed by atoms with Gasteiger partial charge in [-0.05, 0) is 55.3 Å². The van der Waals surface area contributed by atoms with E-state index in [-0.39, 0.29) is 11.8 Å². The molecule has 2 heterocycles. The summed E-state index contributed by atoms with van der Waals surface area (Å²) >= 11 is 0. The van der Waals surface area contributed by atoms with E-state index in [9.17, 15) is 9.59 Å². The van der Waals surface area contributed by atoms with Crippen LogP contribution in [0.3, 0.4) is 0 Å². The number of para-hydroxylation sites is 1. The molecule has 0 bridgehead atoms. The van der Waals surface area contributed by atoms with Gasteiger partial charge >= 0.3 is 0 Å². The number of benzene rings is 3. The third-order valence-corrected chi connectivity index (χ3v) is 5.27. The van der Waals surface area contributed by atoms with Crippen LogP contribution in [-0.4, -0.2) is 11.8 Å². The van der Waals surface area contributed by atoms with E-state index in [1.807, 2.05) is 68.4 Å². The Balaban J connectivity index is 1.81. The third kappa shape index (κ3) is 2.16. The molecular formula is C23H18N2O2. The summed E-state index contributed by atoms with van der Waals surface area (Å²) in [6.07, 6.45) is -0.461. The Hall–Kier alpha value is -3.40. The van der Waals surface area contributed by atoms with E-state index in [1.54, 1.807) is 15.9 Å². The Morgan fingerprint density at radius 1 is 0.704 bits per heavy atom. The minimum Gasteiger partial charge on any atom is -0.282 e. The van der Waals surface area contributed by atoms with Gasteiger partial charge in [0.15, 0.2) is 0 Å². The quantitative estimate of drug-likeness (QED) is 0.640. The molecular weight excluding hydrogens is 336 g/mol. The van der Waals surface area contributed by atoms with E-state index in [0.29, 0.717) is 16.8 Å². The Kier molecular flexibility index (Phi) is 3.25. The third-order valence-electron chi connectivity index (χ3n) is 5.27. The number of rotatable bonds is 1. The van der Waals surface area contributed by atoms with Crippen LogP contribution in [0.4, 0.5) is 11.4 Å². The van der Waals surface area contributed by atoms with Crippen LogP contribution in [0.15, 0.2) is 66.7 Å². The monoisotopic (exact) mass is 354 g/mol. The molecule has 0 saturated heterocycles. The molecule has 132 valence electrons. The van der Waals surface area contributed by atoms with E-state index in [0.717, 1.165) is 22.4 Å². The Labute approximate surface area is 157 Å². The molecule has 0 spiro atoms. The first kappa shape index (κ1) is 15.8. The van der Waals surface area contributed by atoms with Crippen LogP contribution in [0.5, 0.6) is 0 Å². The molecule has 0 unspecified atom stereocenters. The fraction of sp³-hybridized carbons (Fsp3) is 0.130. The molecule has 0 fully saturated rings. The molecule has 3 aromatic carbocycles. The first-order valence-electron chi connectivity index (χ1n) is 8.99. The van der Waals surface area contributed by atoms with Crippen molar-refractivity contribution in [1.82, 2.24) is 0 Å². The maximum Gasteiger partial charge on any atom is 0.262 e. The summed E-state index contributed by atoms with van der Waals surface area (Å²) in [5, 5.41) is 0. The van der Waals surface area contributed by atoms with Gasteiger partial charge in [0.05, 0.1) is 11.3 Å². The molecule has 1 atom stereocenters. The summed E-state index contributed by atoms with van der Waals surface area (Å²) in [4.78, 5) is 30.2. The minimum atomic E-state index is -0.461. The van der Waals surface area contributed by atoms with E-state index < -0.39 is 6.17 Å². The average molecular weight is 354 g/mol. The zero-order chi connectivity index (χ0) is 18.7. The summed E-state index contributed by atoms with van der Waals surface area (Å²) in [7, 11) is 0. The second kappa shape index (κ2) is 5.55. The van der Waals surface area contributed by atoms with Crippen molar-refractivity contribution in [2.75, 3.05) is 9.80 Å². The van der Waals surface area contributed by atoms with Gasteiger partial charge < -0.3 is 0 Å². The van der Waals surface area contributed by atoms with Gasteiger partial charge in [-0.25, -0.2) is 0 Å². The molecule has 2 aliphatic heterocycles. The first-order valence-corrected chi connectivity index (χ1v) is 8.99. The molecule has 2 amide bonds. The van der Waals surface area contributed by atoms with Crippen LogP contribution < -0.4 is 9.80 Å². The molecule has 4 heteroatoms. The van der Waals surface area contributed by atoms with Gasteiger partial charge in [0.1, 0.15) is 6.17 Å². The maximum atomic E-state index is 13.5. The lowest BCUT2D eigenvalue weighted by atomic mass is 10.0. The Morgan fingerprint density at radius 3 is 2.04 bits per heavy atom. The Morgan fingerprint density at radius 2 is 1.30 bits per heavy atom. The van der Waals surface area contributed by atoms with Crippen LogP contribution in [-0.2, 0) is 0 Å². The maximum absolute atomic E-state index is 13.5. The number of hydrogen-bond donors (Lipinski definition) is 0. The van der Waals surface area contributed by atoms with Gasteiger partial charge in [-0.15, -0.1) is 0 Å². The molecule has 0 aromatic heterocycles. The van der Waals surface area contributed by atoms with Crippen LogP contribution in [0.25, 0.3) is 0 Å². The smallest absolute Gasteiger partial charge is 0.262 e. The summed E-state index contributed by atoms with van der Waals surface area (Å²) in [5.41, 5.74) is 5.72. The van der Waals surface area contributed by atoms with Crippen LogP contribution >= 0.6 is 0 Å². The predicted octanol–water partition coefficient (Wildman–Crippen LogP) is 4.62. The van der Waals surface area contributed by atoms with Crippen molar-refractivity contribution >= 4 is 23.2 Å². The molecule has 0 N–H and O–H groups in total. The largest absolute Gasteiger partial charge is 0.282 e. The van der Waals surface area contributed by atoms with Crippen LogP contribution in [0.2, 0.25) is 0 Å². The van der Waals surface area contributed by atoms with Crippen molar-refractivity contribution < 1.29 is 9.59 Å². The van der Waals surface area contributed by atoms with E-state index in [4.69, 9.17) is 0 Å². The van der Waals surface area contributed by atoms with Crippen molar-refractivity contribution in [3.63, 3.8) is 0 Å². The lowest BCUT2D eigenvalue weighted by Crippen LogP contribution is -2.48. The van der Waals surface area contributed by atoms with Gasteiger partial charge in [0.2, 0.25) is 0 Å². The standard InChI is InChI=1S/C23H18N2O2/c1-14-11-15(2)13-16(12-14)24-21-17-7-3-4-8-18(17)22(26)25(21)20-10-6-5-9-19(20)23(24)27/h3-13,21H,1-2H3/t21-/m1/s1. The van der Waals surface area contributed by atoms with Gasteiger partial charge in [0, 0.05) is 16.8 Å². The molecule has 0 saturated carbocycles. The first-order chi connectivity index (χ1) is 13.1. The number of amides is 2. The van der Waals surface area contributed by atoms with Crippen molar-refractivity contribution in [3.05, 3.63) is 94.5 Å². The highest BCUT2D eigenvalue weighted by Crippen LogP contribution is 2.47. The van der Waals surface area contributed by atoms with Gasteiger partial charge in [-0.1, -0.05) is 36.4 Å². The summed E-state index contributed by atoms with van der Waals surface area (Å²) in [5.74, 6) is -0.147. The number of fused-ring (bicyclic) bond motifs is 5. The van der Waals surface area contributed by atoms with Crippen molar-refractivity contribution in [3.8, 4) is 0 Å². The van der Waals surface area contributed by atoms with Crippen LogP contribution in [0.1, 0.15) is 43.6 Å². The number of nitrogens with zero attached hydrogens (tertiary/aromatic N) is 2. The van der Waals surface area contributed by atoms with Gasteiger partial charge in [-0.2, -0.15) is 0 Å². The average Bonchev–Trinajstić information content (AvgIpc) is 2.95. The minimum absolute atomic E-state index is 0.0649. The molecule has 2 aliphatic rings. The zero-order valence-corrected chi connectivity index (χ0v) is 15.1. The van der Waals surface area contributed by atoms with Crippen molar-refractivity contribution in [2.24, 2.45) is 0 Å². The lowest BCUT2D eigenvalue weighted by Gasteiger charge is -2.41. The van der Waals surface area contributed by atoms with Gasteiger partial charge in [0.25, 0.3) is 11.8 Å². The normalized spacial score (nSPS) is 17.6. The van der Waals surface area contributed by atoms with E-state index in [2.05, 4.69) is 6.07 Å². The molecule has 4 nitrogen and oxygen atoms in total. The number of aryl methyl sites for hydroxylation is 2. The fourth-order valence-corrected chi connectivity index (χ4v) is 4.25. The Bertz CT molecular complexity index is 1100. The molecule has 27 heavy (non-hydrogen) atoms. The highest BCUT2D eigenvalue weighted by molar-refractivity contribution is 6.21. The second-order valence-electron chi connectivity index (χ2n) is 7.17. The predicted molar refractivity (Wildman–Crippen MR) is 105 cm³/mol. The molecule has 0 aliphatic carbocycles. The summed E-state index contributed by atoms with van der Waals surface area (Å²) in [6.45, 7) is 4.04. The number of anilines is 2. The number of carbonyl (C=O) groups is 2. The molecule has 0 radical (unpaired) electrons. The number of carbonyl (C=O) groups excluding carboxylic acids is 2. The van der Waals surface area contributed by atoms with Gasteiger partial charge in [-0.3, -0.25) is 19.4 Å². The highest BCUT2D eigenvalue weighted by Gasteiger charge is 2.48. The topological polar surface area (TPSA) is 40.6 Å². The number of hydrogen-bond acceptors (Lipinski definition) is 2. The van der Waals surface area contributed by atoms with Crippen molar-refractivity contribution in [1.29, 1.82) is 0 Å². The lowest BCUT2D eigenvalue weighted by molar-refractivity contribution is 0.0949. The summed E-state index contributed by atoms with van der Waals surface area (Å²) < 4.78 is 0. The molecule has 5 rings (SSSR count). The fourth-order valence-electron chi connectivity index (χ4n) is 4.25.